The smallest absolute Gasteiger partial charge is 0.447 e. The summed E-state index contributed by atoms with van der Waals surface area (Å²) in [7, 11) is 1.19. The van der Waals surface area contributed by atoms with Crippen molar-refractivity contribution in [2.45, 2.75) is 19.3 Å². The van der Waals surface area contributed by atoms with E-state index >= 15 is 0 Å². The van der Waals surface area contributed by atoms with Gasteiger partial charge in [-0.15, -0.1) is 0 Å². The number of hydrogen-bond donors (Lipinski definition) is 0. The monoisotopic (exact) mass is 275 g/mol. The van der Waals surface area contributed by atoms with E-state index in [-0.39, 0.29) is 5.90 Å². The number of benzene rings is 1. The summed E-state index contributed by atoms with van der Waals surface area (Å²) in [5, 5.41) is 0. The van der Waals surface area contributed by atoms with Crippen LogP contribution in [0.5, 0.6) is 0 Å². The van der Waals surface area contributed by atoms with Gasteiger partial charge in [0, 0.05) is 12.5 Å². The molecule has 0 amide bonds. The lowest BCUT2D eigenvalue weighted by molar-refractivity contribution is -0.217. The molecule has 0 bridgehead atoms. The third kappa shape index (κ3) is 4.61. The number of methoxy groups -OCH3 is 1. The van der Waals surface area contributed by atoms with E-state index in [9.17, 15) is 18.0 Å². The molecule has 0 heterocycles. The third-order valence-electron chi connectivity index (χ3n) is 2.01. The maximum Gasteiger partial charge on any atom is 0.447 e. The number of carbonyl (C=O) groups is 1. The molecule has 104 valence electrons. The Hall–Kier alpha value is -2.05. The number of hydrogen-bond acceptors (Lipinski definition) is 4. The van der Waals surface area contributed by atoms with Gasteiger partial charge in [0.05, 0.1) is 7.11 Å². The number of esters is 1. The fourth-order valence-corrected chi connectivity index (χ4v) is 1.26. The van der Waals surface area contributed by atoms with Gasteiger partial charge in [-0.1, -0.05) is 18.2 Å². The first-order chi connectivity index (χ1) is 8.84. The molecule has 1 rings (SSSR count). The Morgan fingerprint density at radius 1 is 1.26 bits per heavy atom. The molecule has 0 saturated heterocycles. The van der Waals surface area contributed by atoms with Crippen LogP contribution in [0.25, 0.3) is 0 Å². The normalized spacial score (nSPS) is 13.8. The van der Waals surface area contributed by atoms with E-state index in [1.807, 2.05) is 0 Å². The number of aliphatic imine (C=N–C) groups is 1. The van der Waals surface area contributed by atoms with Crippen LogP contribution in [0.2, 0.25) is 0 Å². The third-order valence-corrected chi connectivity index (χ3v) is 2.01. The van der Waals surface area contributed by atoms with Gasteiger partial charge in [0.15, 0.2) is 0 Å². The van der Waals surface area contributed by atoms with E-state index in [1.54, 1.807) is 18.2 Å². The Labute approximate surface area is 107 Å². The molecule has 0 spiro atoms. The molecule has 4 nitrogen and oxygen atoms in total. The molecule has 0 saturated carbocycles. The topological polar surface area (TPSA) is 47.9 Å². The summed E-state index contributed by atoms with van der Waals surface area (Å²) in [6.07, 6.45) is -7.38. The predicted molar refractivity (Wildman–Crippen MR) is 61.6 cm³/mol. The highest BCUT2D eigenvalue weighted by Crippen LogP contribution is 2.25. The van der Waals surface area contributed by atoms with Crippen LogP contribution in [0.15, 0.2) is 35.3 Å². The van der Waals surface area contributed by atoms with Crippen LogP contribution in [-0.2, 0) is 14.3 Å². The Balaban J connectivity index is 3.08. The minimum absolute atomic E-state index is 0.260. The SMILES string of the molecule is CO/C(=N\C(OC(C)=O)C(F)(F)F)c1ccccc1. The molecule has 19 heavy (non-hydrogen) atoms. The van der Waals surface area contributed by atoms with Gasteiger partial charge in [0.2, 0.25) is 5.90 Å². The Bertz CT molecular complexity index is 457. The summed E-state index contributed by atoms with van der Waals surface area (Å²) >= 11 is 0. The zero-order valence-electron chi connectivity index (χ0n) is 10.3. The summed E-state index contributed by atoms with van der Waals surface area (Å²) in [5.41, 5.74) is 0.353. The standard InChI is InChI=1S/C12H12F3NO3/c1-8(17)19-11(12(13,14)15)16-10(18-2)9-6-4-3-5-7-9/h3-7,11H,1-2H3/b16-10-. The van der Waals surface area contributed by atoms with Crippen molar-refractivity contribution in [3.05, 3.63) is 35.9 Å². The molecule has 1 atom stereocenters. The first kappa shape index (κ1) is 15.0. The zero-order chi connectivity index (χ0) is 14.5. The lowest BCUT2D eigenvalue weighted by Crippen LogP contribution is -2.33. The molecule has 1 aromatic carbocycles. The van der Waals surface area contributed by atoms with Crippen LogP contribution < -0.4 is 0 Å². The van der Waals surface area contributed by atoms with Crippen LogP contribution in [0.3, 0.4) is 0 Å². The lowest BCUT2D eigenvalue weighted by Gasteiger charge is -2.17. The van der Waals surface area contributed by atoms with Gasteiger partial charge < -0.3 is 9.47 Å². The van der Waals surface area contributed by atoms with Gasteiger partial charge in [-0.2, -0.15) is 18.2 Å². The zero-order valence-corrected chi connectivity index (χ0v) is 10.3. The lowest BCUT2D eigenvalue weighted by atomic mass is 10.2. The molecule has 1 unspecified atom stereocenters. The van der Waals surface area contributed by atoms with Gasteiger partial charge in [-0.05, 0) is 12.1 Å². The van der Waals surface area contributed by atoms with Gasteiger partial charge in [0.1, 0.15) is 0 Å². The van der Waals surface area contributed by atoms with Crippen molar-refractivity contribution in [3.8, 4) is 0 Å². The highest BCUT2D eigenvalue weighted by molar-refractivity contribution is 5.94. The number of halogens is 3. The van der Waals surface area contributed by atoms with Crippen molar-refractivity contribution < 1.29 is 27.4 Å². The molecule has 0 aliphatic heterocycles. The second-order valence-electron chi connectivity index (χ2n) is 3.51. The number of rotatable bonds is 3. The first-order valence-corrected chi connectivity index (χ1v) is 5.25. The summed E-state index contributed by atoms with van der Waals surface area (Å²) in [6.45, 7) is 0.878. The van der Waals surface area contributed by atoms with E-state index in [0.29, 0.717) is 5.56 Å². The Kier molecular flexibility index (Phi) is 4.91. The van der Waals surface area contributed by atoms with Crippen LogP contribution in [0, 0.1) is 0 Å². The number of ether oxygens (including phenoxy) is 2. The van der Waals surface area contributed by atoms with E-state index in [1.165, 1.54) is 19.2 Å². The molecule has 7 heteroatoms. The molecule has 0 aliphatic rings. The first-order valence-electron chi connectivity index (χ1n) is 5.25. The molecule has 0 radical (unpaired) electrons. The van der Waals surface area contributed by atoms with Gasteiger partial charge in [-0.3, -0.25) is 4.79 Å². The Morgan fingerprint density at radius 2 is 1.84 bits per heavy atom. The molecule has 0 fully saturated rings. The minimum Gasteiger partial charge on any atom is -0.481 e. The highest BCUT2D eigenvalue weighted by atomic mass is 19.4. The fraction of sp³-hybridized carbons (Fsp3) is 0.333. The van der Waals surface area contributed by atoms with Crippen LogP contribution in [-0.4, -0.2) is 31.4 Å². The largest absolute Gasteiger partial charge is 0.481 e. The Morgan fingerprint density at radius 3 is 2.26 bits per heavy atom. The van der Waals surface area contributed by atoms with Crippen molar-refractivity contribution in [3.63, 3.8) is 0 Å². The molecule has 0 aliphatic carbocycles. The van der Waals surface area contributed by atoms with Crippen LogP contribution in [0.4, 0.5) is 13.2 Å². The minimum atomic E-state index is -4.80. The summed E-state index contributed by atoms with van der Waals surface area (Å²) < 4.78 is 46.9. The molecular weight excluding hydrogens is 263 g/mol. The molecule has 1 aromatic rings. The quantitative estimate of drug-likeness (QED) is 0.484. The number of nitrogens with zero attached hydrogens (tertiary/aromatic N) is 1. The van der Waals surface area contributed by atoms with E-state index in [4.69, 9.17) is 4.74 Å². The van der Waals surface area contributed by atoms with Crippen molar-refractivity contribution in [1.82, 2.24) is 0 Å². The average Bonchev–Trinajstić information content (AvgIpc) is 2.33. The maximum atomic E-state index is 12.7. The van der Waals surface area contributed by atoms with Crippen molar-refractivity contribution >= 4 is 11.9 Å². The summed E-state index contributed by atoms with van der Waals surface area (Å²) in [5.74, 6) is -1.33. The molecular formula is C12H12F3NO3. The highest BCUT2D eigenvalue weighted by Gasteiger charge is 2.43. The average molecular weight is 275 g/mol. The maximum absolute atomic E-state index is 12.7. The molecule has 0 aromatic heterocycles. The van der Waals surface area contributed by atoms with E-state index in [2.05, 4.69) is 9.73 Å². The van der Waals surface area contributed by atoms with Crippen molar-refractivity contribution in [1.29, 1.82) is 0 Å². The molecule has 0 N–H and O–H groups in total. The second-order valence-corrected chi connectivity index (χ2v) is 3.51. The van der Waals surface area contributed by atoms with Gasteiger partial charge >= 0.3 is 12.1 Å². The van der Waals surface area contributed by atoms with Gasteiger partial charge in [0.25, 0.3) is 6.23 Å². The number of alkyl halides is 3. The fourth-order valence-electron chi connectivity index (χ4n) is 1.26. The van der Waals surface area contributed by atoms with Gasteiger partial charge in [-0.25, -0.2) is 0 Å². The summed E-state index contributed by atoms with van der Waals surface area (Å²) in [6, 6.07) is 8.01. The van der Waals surface area contributed by atoms with Crippen LogP contribution in [0.1, 0.15) is 12.5 Å². The van der Waals surface area contributed by atoms with E-state index in [0.717, 1.165) is 6.92 Å². The predicted octanol–water partition coefficient (Wildman–Crippen LogP) is 2.53. The second kappa shape index (κ2) is 6.21. The number of carbonyl (C=O) groups excluding carboxylic acids is 1. The summed E-state index contributed by atoms with van der Waals surface area (Å²) in [4.78, 5) is 14.0. The van der Waals surface area contributed by atoms with Crippen molar-refractivity contribution in [2.75, 3.05) is 7.11 Å². The van der Waals surface area contributed by atoms with Crippen molar-refractivity contribution in [2.24, 2.45) is 4.99 Å². The van der Waals surface area contributed by atoms with Crippen LogP contribution >= 0.6 is 0 Å². The van der Waals surface area contributed by atoms with E-state index < -0.39 is 18.4 Å².